The van der Waals surface area contributed by atoms with Gasteiger partial charge >= 0.3 is 19.1 Å². The van der Waals surface area contributed by atoms with Crippen molar-refractivity contribution in [1.29, 1.82) is 0 Å². The minimum Gasteiger partial charge on any atom is -0.466 e. The van der Waals surface area contributed by atoms with E-state index in [4.69, 9.17) is 28.3 Å². The van der Waals surface area contributed by atoms with Crippen LogP contribution in [0.3, 0.4) is 0 Å². The Hall–Kier alpha value is -2.20. The fourth-order valence-electron chi connectivity index (χ4n) is 7.72. The molecule has 0 N–H and O–H groups in total. The average molecular weight is 585 g/mol. The zero-order valence-corrected chi connectivity index (χ0v) is 26.9. The Kier molecular flexibility index (Phi) is 9.68. The van der Waals surface area contributed by atoms with Crippen LogP contribution in [0, 0.1) is 22.7 Å². The van der Waals surface area contributed by atoms with E-state index in [9.17, 15) is 9.59 Å². The summed E-state index contributed by atoms with van der Waals surface area (Å²) >= 11 is 0. The molecule has 0 radical (unpaired) electrons. The summed E-state index contributed by atoms with van der Waals surface area (Å²) in [6.45, 7) is 14.5. The molecule has 2 saturated carbocycles. The lowest BCUT2D eigenvalue weighted by atomic mass is 9.61. The van der Waals surface area contributed by atoms with Gasteiger partial charge in [0.25, 0.3) is 0 Å². The SMILES string of the molecule is CCC(C(=O)OC(C)(C)C)[C@@H](C/C=C(/CB1OC2[C@H]3CC[C@@](C)(C3(C)C)[C@]2(c2ccccc2)O1)C(=O)OC)OCOC. The predicted molar refractivity (Wildman–Crippen MR) is 160 cm³/mol. The smallest absolute Gasteiger partial charge is 0.462 e. The Morgan fingerprint density at radius 1 is 1.14 bits per heavy atom. The van der Waals surface area contributed by atoms with Crippen molar-refractivity contribution in [2.75, 3.05) is 21.0 Å². The van der Waals surface area contributed by atoms with E-state index >= 15 is 0 Å². The lowest BCUT2D eigenvalue weighted by Crippen LogP contribution is -2.50. The lowest BCUT2D eigenvalue weighted by Gasteiger charge is -2.48. The first-order chi connectivity index (χ1) is 19.8. The highest BCUT2D eigenvalue weighted by Crippen LogP contribution is 2.76. The Labute approximate surface area is 251 Å². The molecule has 1 heterocycles. The fraction of sp³-hybridized carbons (Fsp3) is 0.697. The van der Waals surface area contributed by atoms with Crippen molar-refractivity contribution < 1.29 is 37.8 Å². The topological polar surface area (TPSA) is 89.5 Å². The van der Waals surface area contributed by atoms with Crippen molar-refractivity contribution in [3.63, 3.8) is 0 Å². The zero-order chi connectivity index (χ0) is 30.9. The maximum atomic E-state index is 13.0. The largest absolute Gasteiger partial charge is 0.466 e. The van der Waals surface area contributed by atoms with E-state index < -0.39 is 36.3 Å². The van der Waals surface area contributed by atoms with Gasteiger partial charge in [-0.3, -0.25) is 4.79 Å². The highest BCUT2D eigenvalue weighted by atomic mass is 16.7. The van der Waals surface area contributed by atoms with Gasteiger partial charge < -0.3 is 28.3 Å². The standard InChI is InChI=1S/C33H49BO8/c1-10-24(29(36)40-30(2,3)4)26(39-21-37-8)17-16-22(28(35)38-9)20-34-41-27-25-18-19-32(7,31(25,5)6)33(27,42-34)23-14-12-11-13-15-23/h11-16,24-27H,10,17-21H2,1-9H3/b22-16-/t24?,25-,26-,27?,32+,33-/m1/s1. The number of benzene rings is 1. The first-order valence-electron chi connectivity index (χ1n) is 15.2. The lowest BCUT2D eigenvalue weighted by molar-refractivity contribution is -0.170. The fourth-order valence-corrected chi connectivity index (χ4v) is 7.72. The van der Waals surface area contributed by atoms with Gasteiger partial charge in [-0.05, 0) is 63.4 Å². The number of hydrogen-bond acceptors (Lipinski definition) is 8. The molecule has 42 heavy (non-hydrogen) atoms. The van der Waals surface area contributed by atoms with Crippen LogP contribution in [0.25, 0.3) is 0 Å². The minimum absolute atomic E-state index is 0.0112. The molecule has 0 spiro atoms. The molecule has 1 saturated heterocycles. The number of fused-ring (bicyclic) bond motifs is 5. The van der Waals surface area contributed by atoms with Gasteiger partial charge in [0, 0.05) is 24.4 Å². The van der Waals surface area contributed by atoms with Crippen molar-refractivity contribution in [2.45, 2.75) is 104 Å². The van der Waals surface area contributed by atoms with E-state index in [2.05, 4.69) is 45.0 Å². The molecular weight excluding hydrogens is 535 g/mol. The monoisotopic (exact) mass is 584 g/mol. The van der Waals surface area contributed by atoms with Crippen LogP contribution in [0.2, 0.25) is 6.32 Å². The van der Waals surface area contributed by atoms with Crippen molar-refractivity contribution >= 4 is 19.1 Å². The molecule has 2 bridgehead atoms. The Morgan fingerprint density at radius 2 is 1.83 bits per heavy atom. The third kappa shape index (κ3) is 5.70. The van der Waals surface area contributed by atoms with E-state index in [0.717, 1.165) is 18.4 Å². The molecule has 1 aromatic carbocycles. The van der Waals surface area contributed by atoms with Crippen LogP contribution in [-0.2, 0) is 43.4 Å². The summed E-state index contributed by atoms with van der Waals surface area (Å²) in [6.07, 6.45) is 4.27. The summed E-state index contributed by atoms with van der Waals surface area (Å²) in [6, 6.07) is 10.4. The van der Waals surface area contributed by atoms with E-state index in [1.54, 1.807) is 6.08 Å². The van der Waals surface area contributed by atoms with Crippen molar-refractivity contribution in [2.24, 2.45) is 22.7 Å². The summed E-state index contributed by atoms with van der Waals surface area (Å²) in [5.74, 6) is -1.000. The summed E-state index contributed by atoms with van der Waals surface area (Å²) in [5.41, 5.74) is 0.199. The maximum Gasteiger partial charge on any atom is 0.462 e. The maximum absolute atomic E-state index is 13.0. The third-order valence-corrected chi connectivity index (χ3v) is 10.1. The molecule has 0 amide bonds. The first kappa shape index (κ1) is 32.7. The molecule has 8 nitrogen and oxygen atoms in total. The van der Waals surface area contributed by atoms with Crippen LogP contribution in [0.15, 0.2) is 42.0 Å². The van der Waals surface area contributed by atoms with E-state index in [1.165, 1.54) is 14.2 Å². The van der Waals surface area contributed by atoms with Gasteiger partial charge in [0.1, 0.15) is 18.0 Å². The highest BCUT2D eigenvalue weighted by molar-refractivity contribution is 6.47. The molecule has 2 aliphatic carbocycles. The number of methoxy groups -OCH3 is 2. The number of carbonyl (C=O) groups is 2. The summed E-state index contributed by atoms with van der Waals surface area (Å²) in [7, 11) is 2.28. The second-order valence-electron chi connectivity index (χ2n) is 13.7. The molecule has 4 rings (SSSR count). The minimum atomic E-state index is -0.627. The molecular formula is C33H49BO8. The molecule has 2 unspecified atom stereocenters. The normalized spacial score (nSPS) is 29.7. The molecule has 3 fully saturated rings. The molecule has 1 aliphatic heterocycles. The second-order valence-corrected chi connectivity index (χ2v) is 13.7. The van der Waals surface area contributed by atoms with Gasteiger partial charge in [-0.1, -0.05) is 64.1 Å². The van der Waals surface area contributed by atoms with Gasteiger partial charge in [-0.2, -0.15) is 0 Å². The van der Waals surface area contributed by atoms with Crippen LogP contribution in [0.4, 0.5) is 0 Å². The van der Waals surface area contributed by atoms with Crippen molar-refractivity contribution in [1.82, 2.24) is 0 Å². The zero-order valence-electron chi connectivity index (χ0n) is 26.9. The molecule has 9 heteroatoms. The number of esters is 2. The van der Waals surface area contributed by atoms with E-state index in [0.29, 0.717) is 24.3 Å². The van der Waals surface area contributed by atoms with Gasteiger partial charge in [0.05, 0.1) is 25.2 Å². The number of carbonyl (C=O) groups excluding carboxylic acids is 2. The Balaban J connectivity index is 1.60. The van der Waals surface area contributed by atoms with Gasteiger partial charge in [-0.15, -0.1) is 0 Å². The van der Waals surface area contributed by atoms with Gasteiger partial charge in [-0.25, -0.2) is 4.79 Å². The van der Waals surface area contributed by atoms with Crippen LogP contribution < -0.4 is 0 Å². The predicted octanol–water partition coefficient (Wildman–Crippen LogP) is 6.09. The molecule has 3 aliphatic rings. The number of hydrogen-bond donors (Lipinski definition) is 0. The Morgan fingerprint density at radius 3 is 2.43 bits per heavy atom. The highest BCUT2D eigenvalue weighted by Gasteiger charge is 2.78. The average Bonchev–Trinajstić information content (AvgIpc) is 3.48. The van der Waals surface area contributed by atoms with Gasteiger partial charge in [0.2, 0.25) is 0 Å². The Bertz CT molecular complexity index is 1140. The van der Waals surface area contributed by atoms with E-state index in [-0.39, 0.29) is 36.0 Å². The number of rotatable bonds is 12. The van der Waals surface area contributed by atoms with Crippen LogP contribution in [0.1, 0.15) is 79.7 Å². The van der Waals surface area contributed by atoms with Crippen molar-refractivity contribution in [3.05, 3.63) is 47.5 Å². The quantitative estimate of drug-likeness (QED) is 0.126. The second kappa shape index (κ2) is 12.4. The third-order valence-electron chi connectivity index (χ3n) is 10.1. The van der Waals surface area contributed by atoms with Crippen LogP contribution in [0.5, 0.6) is 0 Å². The molecule has 0 aromatic heterocycles. The summed E-state index contributed by atoms with van der Waals surface area (Å²) in [4.78, 5) is 26.1. The molecule has 6 atom stereocenters. The first-order valence-corrected chi connectivity index (χ1v) is 15.2. The van der Waals surface area contributed by atoms with Crippen LogP contribution >= 0.6 is 0 Å². The van der Waals surface area contributed by atoms with Crippen LogP contribution in [-0.4, -0.2) is 57.9 Å². The molecule has 232 valence electrons. The van der Waals surface area contributed by atoms with Crippen molar-refractivity contribution in [3.8, 4) is 0 Å². The number of ether oxygens (including phenoxy) is 4. The summed E-state index contributed by atoms with van der Waals surface area (Å²) < 4.78 is 35.7. The van der Waals surface area contributed by atoms with Gasteiger partial charge in [0.15, 0.2) is 0 Å². The van der Waals surface area contributed by atoms with E-state index in [1.807, 2.05) is 33.8 Å². The molecule has 1 aromatic rings. The summed E-state index contributed by atoms with van der Waals surface area (Å²) in [5, 5.41) is 0.